The van der Waals surface area contributed by atoms with Crippen LogP contribution < -0.4 is 9.80 Å². The molecule has 0 aliphatic carbocycles. The van der Waals surface area contributed by atoms with Gasteiger partial charge in [0.1, 0.15) is 0 Å². The van der Waals surface area contributed by atoms with Crippen LogP contribution in [0.5, 0.6) is 0 Å². The van der Waals surface area contributed by atoms with Gasteiger partial charge >= 0.3 is 0 Å². The summed E-state index contributed by atoms with van der Waals surface area (Å²) in [6.45, 7) is 0. The Bertz CT molecular complexity index is 4690. The van der Waals surface area contributed by atoms with Crippen molar-refractivity contribution < 1.29 is 0 Å². The lowest BCUT2D eigenvalue weighted by Crippen LogP contribution is -2.10. The average Bonchev–Trinajstić information content (AvgIpc) is 1.86. The van der Waals surface area contributed by atoms with Gasteiger partial charge in [0.25, 0.3) is 0 Å². The minimum absolute atomic E-state index is 1.07. The highest BCUT2D eigenvalue weighted by Gasteiger charge is 2.21. The normalized spacial score (nSPS) is 11.4. The molecule has 0 aliphatic rings. The highest BCUT2D eigenvalue weighted by atomic mass is 15.1. The number of rotatable bonds is 13. The standard InChI is InChI=1S/C84H58N4/c1-5-21-59(22-6-1)63-29-17-33-73(53-63)85(74-34-18-30-64(54-74)60-23-7-2-8-24-60)69-43-47-71(48-44-69)87-81-39-15-13-37-77(81)79-57-67(41-51-83(79)87)68-42-52-84-80(58-68)78-38-14-16-40-82(78)88(84)72-49-45-70(46-50-72)86(75-35-19-31-65(55-75)61-25-9-3-10-26-61)76-36-20-32-66(56-76)62-27-11-4-12-28-62/h1-58H. The number of nitrogens with zero attached hydrogens (tertiary/aromatic N) is 4. The second-order valence-electron chi connectivity index (χ2n) is 22.5. The third-order valence-corrected chi connectivity index (χ3v) is 17.3. The van der Waals surface area contributed by atoms with Crippen molar-refractivity contribution in [2.45, 2.75) is 0 Å². The number of fused-ring (bicyclic) bond motifs is 6. The van der Waals surface area contributed by atoms with Gasteiger partial charge in [0, 0.05) is 67.0 Å². The maximum Gasteiger partial charge on any atom is 0.0541 e. The Morgan fingerprint density at radius 2 is 0.420 bits per heavy atom. The zero-order valence-electron chi connectivity index (χ0n) is 48.3. The zero-order chi connectivity index (χ0) is 58.3. The van der Waals surface area contributed by atoms with E-state index in [1.165, 1.54) is 88.2 Å². The molecule has 4 heteroatoms. The minimum atomic E-state index is 1.07. The van der Waals surface area contributed by atoms with E-state index in [9.17, 15) is 0 Å². The van der Waals surface area contributed by atoms with Gasteiger partial charge in [-0.25, -0.2) is 0 Å². The Morgan fingerprint density at radius 3 is 0.739 bits per heavy atom. The molecule has 0 unspecified atom stereocenters. The fourth-order valence-electron chi connectivity index (χ4n) is 13.1. The van der Waals surface area contributed by atoms with E-state index in [0.29, 0.717) is 0 Å². The number of aromatic nitrogens is 2. The molecule has 0 N–H and O–H groups in total. The molecule has 88 heavy (non-hydrogen) atoms. The second kappa shape index (κ2) is 22.4. The van der Waals surface area contributed by atoms with Crippen molar-refractivity contribution in [3.63, 3.8) is 0 Å². The van der Waals surface area contributed by atoms with Crippen LogP contribution in [0.25, 0.3) is 111 Å². The first kappa shape index (κ1) is 51.9. The molecule has 0 radical (unpaired) electrons. The molecule has 0 fully saturated rings. The summed E-state index contributed by atoms with van der Waals surface area (Å²) < 4.78 is 4.83. The second-order valence-corrected chi connectivity index (χ2v) is 22.5. The monoisotopic (exact) mass is 1120 g/mol. The van der Waals surface area contributed by atoms with Gasteiger partial charge in [0.15, 0.2) is 0 Å². The molecule has 0 saturated heterocycles. The maximum atomic E-state index is 2.42. The molecule has 4 nitrogen and oxygen atoms in total. The van der Waals surface area contributed by atoms with Gasteiger partial charge in [-0.3, -0.25) is 0 Å². The number of para-hydroxylation sites is 2. The van der Waals surface area contributed by atoms with Crippen LogP contribution in [0, 0.1) is 0 Å². The molecular formula is C84H58N4. The van der Waals surface area contributed by atoms with Crippen LogP contribution in [0.3, 0.4) is 0 Å². The average molecular weight is 1120 g/mol. The lowest BCUT2D eigenvalue weighted by Gasteiger charge is -2.27. The summed E-state index contributed by atoms with van der Waals surface area (Å²) in [7, 11) is 0. The summed E-state index contributed by atoms with van der Waals surface area (Å²) >= 11 is 0. The van der Waals surface area contributed by atoms with Crippen molar-refractivity contribution in [1.82, 2.24) is 9.13 Å². The molecule has 0 atom stereocenters. The zero-order valence-corrected chi connectivity index (χ0v) is 48.3. The first-order chi connectivity index (χ1) is 43.6. The number of anilines is 6. The molecule has 0 amide bonds. The summed E-state index contributed by atoms with van der Waals surface area (Å²) in [6.07, 6.45) is 0. The topological polar surface area (TPSA) is 16.3 Å². The van der Waals surface area contributed by atoms with Gasteiger partial charge < -0.3 is 18.9 Å². The van der Waals surface area contributed by atoms with Gasteiger partial charge in [-0.2, -0.15) is 0 Å². The van der Waals surface area contributed by atoms with Gasteiger partial charge in [-0.05, 0) is 189 Å². The van der Waals surface area contributed by atoms with Crippen LogP contribution in [-0.4, -0.2) is 9.13 Å². The summed E-state index contributed by atoms with van der Waals surface area (Å²) in [4.78, 5) is 4.75. The van der Waals surface area contributed by atoms with Crippen LogP contribution in [0.2, 0.25) is 0 Å². The highest BCUT2D eigenvalue weighted by Crippen LogP contribution is 2.44. The molecule has 0 aliphatic heterocycles. The predicted octanol–water partition coefficient (Wildman–Crippen LogP) is 23.2. The Hall–Kier alpha value is -11.7. The fourth-order valence-corrected chi connectivity index (χ4v) is 13.1. The van der Waals surface area contributed by atoms with Gasteiger partial charge in [-0.15, -0.1) is 0 Å². The third-order valence-electron chi connectivity index (χ3n) is 17.3. The van der Waals surface area contributed by atoms with Crippen molar-refractivity contribution in [3.8, 4) is 67.0 Å². The van der Waals surface area contributed by atoms with Crippen LogP contribution in [-0.2, 0) is 0 Å². The minimum Gasteiger partial charge on any atom is -0.310 e. The maximum absolute atomic E-state index is 2.42. The number of hydrogen-bond donors (Lipinski definition) is 0. The van der Waals surface area contributed by atoms with Crippen LogP contribution in [0.15, 0.2) is 352 Å². The lowest BCUT2D eigenvalue weighted by molar-refractivity contribution is 1.17. The molecular weight excluding hydrogens is 1060 g/mol. The first-order valence-corrected chi connectivity index (χ1v) is 30.1. The molecule has 0 saturated carbocycles. The summed E-state index contributed by atoms with van der Waals surface area (Å²) in [5.41, 5.74) is 25.1. The molecule has 2 heterocycles. The van der Waals surface area contributed by atoms with Crippen molar-refractivity contribution in [3.05, 3.63) is 352 Å². The highest BCUT2D eigenvalue weighted by molar-refractivity contribution is 6.13. The molecule has 0 bridgehead atoms. The van der Waals surface area contributed by atoms with E-state index in [4.69, 9.17) is 0 Å². The summed E-state index contributed by atoms with van der Waals surface area (Å²) in [5, 5.41) is 4.86. The quantitative estimate of drug-likeness (QED) is 0.114. The summed E-state index contributed by atoms with van der Waals surface area (Å²) in [5.74, 6) is 0. The van der Waals surface area contributed by atoms with E-state index < -0.39 is 0 Å². The van der Waals surface area contributed by atoms with Gasteiger partial charge in [0.2, 0.25) is 0 Å². The van der Waals surface area contributed by atoms with E-state index in [1.54, 1.807) is 0 Å². The van der Waals surface area contributed by atoms with E-state index >= 15 is 0 Å². The van der Waals surface area contributed by atoms with E-state index in [0.717, 1.165) is 56.5 Å². The Morgan fingerprint density at radius 1 is 0.159 bits per heavy atom. The fraction of sp³-hybridized carbons (Fsp3) is 0. The number of benzene rings is 14. The van der Waals surface area contributed by atoms with E-state index in [1.807, 2.05) is 0 Å². The molecule has 16 rings (SSSR count). The van der Waals surface area contributed by atoms with Crippen molar-refractivity contribution in [2.75, 3.05) is 9.80 Å². The molecule has 14 aromatic carbocycles. The van der Waals surface area contributed by atoms with Crippen molar-refractivity contribution in [2.24, 2.45) is 0 Å². The van der Waals surface area contributed by atoms with Crippen LogP contribution >= 0.6 is 0 Å². The van der Waals surface area contributed by atoms with Crippen LogP contribution in [0.4, 0.5) is 34.1 Å². The number of hydrogen-bond acceptors (Lipinski definition) is 2. The van der Waals surface area contributed by atoms with Crippen LogP contribution in [0.1, 0.15) is 0 Å². The lowest BCUT2D eigenvalue weighted by atomic mass is 10.0. The third kappa shape index (κ3) is 9.56. The molecule has 2 aromatic heterocycles. The first-order valence-electron chi connectivity index (χ1n) is 30.1. The smallest absolute Gasteiger partial charge is 0.0541 e. The molecule has 0 spiro atoms. The Balaban J connectivity index is 0.751. The van der Waals surface area contributed by atoms with Crippen molar-refractivity contribution in [1.29, 1.82) is 0 Å². The Labute approximate surface area is 512 Å². The predicted molar refractivity (Wildman–Crippen MR) is 372 cm³/mol. The largest absolute Gasteiger partial charge is 0.310 e. The Kier molecular flexibility index (Phi) is 13.2. The SMILES string of the molecule is c1ccc(-c2cccc(N(c3ccc(-n4c5ccccc5c5cc(-c6ccc7c(c6)c6ccccc6n7-c6ccc(N(c7cccc(-c8ccccc8)c7)c7cccc(-c8ccccc8)c7)cc6)ccc54)cc3)c3cccc(-c4ccccc4)c3)c2)cc1. The van der Waals surface area contributed by atoms with E-state index in [2.05, 4.69) is 371 Å². The van der Waals surface area contributed by atoms with Gasteiger partial charge in [-0.1, -0.05) is 218 Å². The van der Waals surface area contributed by atoms with Crippen molar-refractivity contribution >= 4 is 77.7 Å². The molecule has 16 aromatic rings. The molecule has 414 valence electrons. The summed E-state index contributed by atoms with van der Waals surface area (Å²) in [6, 6.07) is 128. The van der Waals surface area contributed by atoms with Gasteiger partial charge in [0.05, 0.1) is 22.1 Å². The van der Waals surface area contributed by atoms with E-state index in [-0.39, 0.29) is 0 Å².